The number of hydrogen-bond acceptors (Lipinski definition) is 4. The fraction of sp³-hybridized carbons (Fsp3) is 0.200. The maximum atomic E-state index is 11.9. The number of carbonyl (C=O) groups excluding carboxylic acids is 2. The van der Waals surface area contributed by atoms with Gasteiger partial charge >= 0.3 is 24.3 Å². The summed E-state index contributed by atoms with van der Waals surface area (Å²) < 4.78 is 79.1. The maximum Gasteiger partial charge on any atom is 0.491 e. The molecule has 0 saturated carbocycles. The third-order valence-electron chi connectivity index (χ3n) is 1.69. The Bertz CT molecular complexity index is 476. The molecule has 1 aromatic carbocycles. The van der Waals surface area contributed by atoms with Crippen LogP contribution in [0.25, 0.3) is 0 Å². The van der Waals surface area contributed by atoms with E-state index in [2.05, 4.69) is 9.47 Å². The van der Waals surface area contributed by atoms with Crippen LogP contribution in [0.2, 0.25) is 0 Å². The second-order valence-electron chi connectivity index (χ2n) is 3.25. The molecule has 0 spiro atoms. The van der Waals surface area contributed by atoms with Crippen LogP contribution in [-0.4, -0.2) is 24.3 Å². The van der Waals surface area contributed by atoms with Crippen LogP contribution < -0.4 is 9.47 Å². The highest BCUT2D eigenvalue weighted by atomic mass is 19.4. The second kappa shape index (κ2) is 5.39. The molecule has 0 saturated heterocycles. The molecule has 0 heterocycles. The fourth-order valence-electron chi connectivity index (χ4n) is 0.931. The molecule has 0 aliphatic rings. The lowest BCUT2D eigenvalue weighted by Crippen LogP contribution is -2.28. The second-order valence-corrected chi connectivity index (χ2v) is 3.25. The van der Waals surface area contributed by atoms with Crippen LogP contribution in [0, 0.1) is 0 Å². The fourth-order valence-corrected chi connectivity index (χ4v) is 0.931. The van der Waals surface area contributed by atoms with E-state index in [-0.39, 0.29) is 0 Å². The summed E-state index contributed by atoms with van der Waals surface area (Å²) in [6, 6.07) is 3.22. The van der Waals surface area contributed by atoms with Gasteiger partial charge in [0, 0.05) is 6.07 Å². The van der Waals surface area contributed by atoms with Crippen LogP contribution in [0.5, 0.6) is 11.5 Å². The number of ether oxygens (including phenoxy) is 2. The van der Waals surface area contributed by atoms with Gasteiger partial charge in [0.05, 0.1) is 0 Å². The third-order valence-corrected chi connectivity index (χ3v) is 1.69. The van der Waals surface area contributed by atoms with Crippen molar-refractivity contribution in [1.29, 1.82) is 0 Å². The minimum Gasteiger partial charge on any atom is -0.420 e. The minimum absolute atomic E-state index is 0.535. The van der Waals surface area contributed by atoms with E-state index in [1.807, 2.05) is 0 Å². The lowest BCUT2D eigenvalue weighted by Gasteiger charge is -2.09. The molecule has 0 radical (unpaired) electrons. The van der Waals surface area contributed by atoms with Crippen molar-refractivity contribution in [2.24, 2.45) is 0 Å². The molecule has 0 aliphatic carbocycles. The third kappa shape index (κ3) is 4.44. The first-order valence-electron chi connectivity index (χ1n) is 4.68. The molecular formula is C10H4F6O4. The number of alkyl halides is 6. The van der Waals surface area contributed by atoms with Crippen molar-refractivity contribution in [3.05, 3.63) is 24.3 Å². The van der Waals surface area contributed by atoms with Gasteiger partial charge in [-0.2, -0.15) is 26.3 Å². The summed E-state index contributed by atoms with van der Waals surface area (Å²) in [5.74, 6) is -6.56. The highest BCUT2D eigenvalue weighted by Gasteiger charge is 2.42. The Labute approximate surface area is 106 Å². The van der Waals surface area contributed by atoms with E-state index in [9.17, 15) is 35.9 Å². The van der Waals surface area contributed by atoms with E-state index in [0.29, 0.717) is 6.07 Å². The van der Waals surface area contributed by atoms with Crippen molar-refractivity contribution in [2.75, 3.05) is 0 Å². The molecule has 4 nitrogen and oxygen atoms in total. The lowest BCUT2D eigenvalue weighted by molar-refractivity contribution is -0.190. The predicted molar refractivity (Wildman–Crippen MR) is 49.8 cm³/mol. The van der Waals surface area contributed by atoms with Gasteiger partial charge < -0.3 is 9.47 Å². The average Bonchev–Trinajstić information content (AvgIpc) is 2.26. The van der Waals surface area contributed by atoms with E-state index in [4.69, 9.17) is 0 Å². The Kier molecular flexibility index (Phi) is 4.26. The molecule has 0 unspecified atom stereocenters. The quantitative estimate of drug-likeness (QED) is 0.479. The molecule has 0 fully saturated rings. The van der Waals surface area contributed by atoms with Gasteiger partial charge in [-0.25, -0.2) is 9.59 Å². The van der Waals surface area contributed by atoms with Crippen molar-refractivity contribution in [3.63, 3.8) is 0 Å². The first-order chi connectivity index (χ1) is 9.00. The van der Waals surface area contributed by atoms with Gasteiger partial charge in [-0.05, 0) is 12.1 Å². The van der Waals surface area contributed by atoms with Gasteiger partial charge in [-0.3, -0.25) is 0 Å². The number of esters is 2. The van der Waals surface area contributed by atoms with Crippen LogP contribution in [0.15, 0.2) is 24.3 Å². The molecule has 1 rings (SSSR count). The van der Waals surface area contributed by atoms with Crippen molar-refractivity contribution in [1.82, 2.24) is 0 Å². The molecule has 10 heteroatoms. The van der Waals surface area contributed by atoms with E-state index in [1.165, 1.54) is 0 Å². The lowest BCUT2D eigenvalue weighted by atomic mass is 10.3. The zero-order valence-corrected chi connectivity index (χ0v) is 9.21. The average molecular weight is 302 g/mol. The van der Waals surface area contributed by atoms with Crippen LogP contribution in [0.1, 0.15) is 0 Å². The molecule has 0 atom stereocenters. The SMILES string of the molecule is O=C(Oc1cccc(OC(=O)C(F)(F)F)c1)C(F)(F)F. The van der Waals surface area contributed by atoms with Crippen LogP contribution in [0.4, 0.5) is 26.3 Å². The normalized spacial score (nSPS) is 11.9. The van der Waals surface area contributed by atoms with E-state index in [0.717, 1.165) is 18.2 Å². The molecule has 1 aromatic rings. The molecule has 110 valence electrons. The number of carbonyl (C=O) groups is 2. The highest BCUT2D eigenvalue weighted by Crippen LogP contribution is 2.25. The summed E-state index contributed by atoms with van der Waals surface area (Å²) >= 11 is 0. The van der Waals surface area contributed by atoms with Gasteiger partial charge in [-0.1, -0.05) is 6.07 Å². The summed E-state index contributed by atoms with van der Waals surface area (Å²) in [6.45, 7) is 0. The van der Waals surface area contributed by atoms with Gasteiger partial charge in [0.2, 0.25) is 0 Å². The van der Waals surface area contributed by atoms with Crippen LogP contribution in [-0.2, 0) is 9.59 Å². The molecule has 0 amide bonds. The maximum absolute atomic E-state index is 11.9. The highest BCUT2D eigenvalue weighted by molar-refractivity contribution is 5.79. The van der Waals surface area contributed by atoms with Crippen LogP contribution in [0.3, 0.4) is 0 Å². The van der Waals surface area contributed by atoms with Gasteiger partial charge in [0.25, 0.3) is 0 Å². The van der Waals surface area contributed by atoms with Crippen molar-refractivity contribution in [2.45, 2.75) is 12.4 Å². The number of rotatable bonds is 2. The molecule has 0 N–H and O–H groups in total. The minimum atomic E-state index is -5.27. The summed E-state index contributed by atoms with van der Waals surface area (Å²) in [7, 11) is 0. The molecule has 20 heavy (non-hydrogen) atoms. The molecular weight excluding hydrogens is 298 g/mol. The van der Waals surface area contributed by atoms with Gasteiger partial charge in [0.1, 0.15) is 11.5 Å². The molecule has 0 bridgehead atoms. The Morgan fingerprint density at radius 3 is 1.45 bits per heavy atom. The number of halogens is 6. The predicted octanol–water partition coefficient (Wildman–Crippen LogP) is 2.62. The Morgan fingerprint density at radius 2 is 1.15 bits per heavy atom. The summed E-state index contributed by atoms with van der Waals surface area (Å²) in [4.78, 5) is 21.0. The Morgan fingerprint density at radius 1 is 0.800 bits per heavy atom. The van der Waals surface area contributed by atoms with E-state index < -0.39 is 35.8 Å². The topological polar surface area (TPSA) is 52.6 Å². The summed E-state index contributed by atoms with van der Waals surface area (Å²) in [5.41, 5.74) is 0. The largest absolute Gasteiger partial charge is 0.491 e. The van der Waals surface area contributed by atoms with Gasteiger partial charge in [0.15, 0.2) is 0 Å². The number of benzene rings is 1. The number of hydrogen-bond donors (Lipinski definition) is 0. The molecule has 0 aliphatic heterocycles. The van der Waals surface area contributed by atoms with Crippen molar-refractivity contribution >= 4 is 11.9 Å². The van der Waals surface area contributed by atoms with Crippen molar-refractivity contribution in [3.8, 4) is 11.5 Å². The zero-order chi connectivity index (χ0) is 15.6. The monoisotopic (exact) mass is 302 g/mol. The van der Waals surface area contributed by atoms with Crippen molar-refractivity contribution < 1.29 is 45.4 Å². The Hall–Kier alpha value is -2.26. The summed E-state index contributed by atoms with van der Waals surface area (Å²) in [5, 5.41) is 0. The van der Waals surface area contributed by atoms with E-state index in [1.54, 1.807) is 0 Å². The zero-order valence-electron chi connectivity index (χ0n) is 9.21. The standard InChI is InChI=1S/C10H4F6O4/c11-9(12,13)7(17)19-5-2-1-3-6(4-5)20-8(18)10(14,15)16/h1-4H. The first kappa shape index (κ1) is 15.8. The smallest absolute Gasteiger partial charge is 0.420 e. The Balaban J connectivity index is 2.82. The van der Waals surface area contributed by atoms with Crippen LogP contribution >= 0.6 is 0 Å². The molecule has 0 aromatic heterocycles. The summed E-state index contributed by atoms with van der Waals surface area (Å²) in [6.07, 6.45) is -10.5. The van der Waals surface area contributed by atoms with Gasteiger partial charge in [-0.15, -0.1) is 0 Å². The first-order valence-corrected chi connectivity index (χ1v) is 4.68. The van der Waals surface area contributed by atoms with E-state index >= 15 is 0 Å².